The van der Waals surface area contributed by atoms with E-state index in [1.807, 2.05) is 12.1 Å². The summed E-state index contributed by atoms with van der Waals surface area (Å²) in [4.78, 5) is 2.48. The average molecular weight is 308 g/mol. The zero-order valence-electron chi connectivity index (χ0n) is 14.1. The highest BCUT2D eigenvalue weighted by molar-refractivity contribution is 5.42. The van der Waals surface area contributed by atoms with Crippen molar-refractivity contribution >= 4 is 0 Å². The number of benzene rings is 1. The van der Waals surface area contributed by atoms with E-state index in [0.29, 0.717) is 0 Å². The SMILES string of the molecule is COc1ccc(CNCC(C)(C)N2CCOCC2)cc1OC. The minimum absolute atomic E-state index is 0.125. The summed E-state index contributed by atoms with van der Waals surface area (Å²) in [6.45, 7) is 9.98. The van der Waals surface area contributed by atoms with Crippen molar-refractivity contribution in [2.45, 2.75) is 25.9 Å². The molecule has 1 heterocycles. The smallest absolute Gasteiger partial charge is 0.161 e. The standard InChI is InChI=1S/C17H28N2O3/c1-17(2,19-7-9-22-10-8-19)13-18-12-14-5-6-15(20-3)16(11-14)21-4/h5-6,11,18H,7-10,12-13H2,1-4H3. The van der Waals surface area contributed by atoms with Crippen LogP contribution in [0.2, 0.25) is 0 Å². The van der Waals surface area contributed by atoms with Crippen LogP contribution in [0.4, 0.5) is 0 Å². The van der Waals surface area contributed by atoms with Crippen molar-refractivity contribution in [3.05, 3.63) is 23.8 Å². The molecule has 0 atom stereocenters. The summed E-state index contributed by atoms with van der Waals surface area (Å²) in [5.41, 5.74) is 1.32. The highest BCUT2D eigenvalue weighted by Gasteiger charge is 2.27. The Morgan fingerprint density at radius 3 is 2.45 bits per heavy atom. The van der Waals surface area contributed by atoms with Crippen molar-refractivity contribution in [2.75, 3.05) is 47.1 Å². The third-order valence-electron chi connectivity index (χ3n) is 4.20. The van der Waals surface area contributed by atoms with Crippen molar-refractivity contribution < 1.29 is 14.2 Å². The first-order valence-electron chi connectivity index (χ1n) is 7.81. The molecule has 0 aliphatic carbocycles. The highest BCUT2D eigenvalue weighted by Crippen LogP contribution is 2.27. The number of hydrogen-bond acceptors (Lipinski definition) is 5. The fourth-order valence-electron chi connectivity index (χ4n) is 2.78. The molecule has 1 aliphatic rings. The molecule has 5 heteroatoms. The lowest BCUT2D eigenvalue weighted by atomic mass is 10.0. The molecule has 0 radical (unpaired) electrons. The maximum absolute atomic E-state index is 5.43. The number of rotatable bonds is 7. The van der Waals surface area contributed by atoms with Gasteiger partial charge in [-0.1, -0.05) is 6.07 Å². The van der Waals surface area contributed by atoms with Crippen LogP contribution in [-0.4, -0.2) is 57.5 Å². The number of nitrogens with zero attached hydrogens (tertiary/aromatic N) is 1. The molecule has 0 amide bonds. The van der Waals surface area contributed by atoms with Gasteiger partial charge in [-0.15, -0.1) is 0 Å². The van der Waals surface area contributed by atoms with Gasteiger partial charge in [0.25, 0.3) is 0 Å². The summed E-state index contributed by atoms with van der Waals surface area (Å²) in [5.74, 6) is 1.54. The minimum atomic E-state index is 0.125. The number of nitrogens with one attached hydrogen (secondary N) is 1. The Bertz CT molecular complexity index is 471. The number of ether oxygens (including phenoxy) is 3. The Hall–Kier alpha value is -1.30. The summed E-state index contributed by atoms with van der Waals surface area (Å²) in [7, 11) is 3.32. The Balaban J connectivity index is 1.87. The van der Waals surface area contributed by atoms with Crippen molar-refractivity contribution in [1.29, 1.82) is 0 Å². The van der Waals surface area contributed by atoms with Gasteiger partial charge in [0.15, 0.2) is 11.5 Å². The fraction of sp³-hybridized carbons (Fsp3) is 0.647. The van der Waals surface area contributed by atoms with E-state index in [1.165, 1.54) is 5.56 Å². The lowest BCUT2D eigenvalue weighted by molar-refractivity contribution is -0.00967. The predicted octanol–water partition coefficient (Wildman–Crippen LogP) is 1.90. The summed E-state index contributed by atoms with van der Waals surface area (Å²) >= 11 is 0. The molecule has 124 valence electrons. The summed E-state index contributed by atoms with van der Waals surface area (Å²) in [6.07, 6.45) is 0. The van der Waals surface area contributed by atoms with Crippen LogP contribution in [-0.2, 0) is 11.3 Å². The average Bonchev–Trinajstić information content (AvgIpc) is 2.55. The third kappa shape index (κ3) is 4.35. The lowest BCUT2D eigenvalue weighted by Gasteiger charge is -2.41. The van der Waals surface area contributed by atoms with E-state index in [9.17, 15) is 0 Å². The van der Waals surface area contributed by atoms with E-state index in [-0.39, 0.29) is 5.54 Å². The molecule has 2 rings (SSSR count). The summed E-state index contributed by atoms with van der Waals surface area (Å²) in [5, 5.41) is 3.55. The van der Waals surface area contributed by atoms with Crippen LogP contribution in [0.25, 0.3) is 0 Å². The number of hydrogen-bond donors (Lipinski definition) is 1. The van der Waals surface area contributed by atoms with Gasteiger partial charge < -0.3 is 19.5 Å². The molecule has 1 aromatic rings. The van der Waals surface area contributed by atoms with Gasteiger partial charge in [0.2, 0.25) is 0 Å². The van der Waals surface area contributed by atoms with Gasteiger partial charge in [-0.25, -0.2) is 0 Å². The Kier molecular flexibility index (Phi) is 6.06. The molecule has 0 aromatic heterocycles. The zero-order valence-corrected chi connectivity index (χ0v) is 14.1. The van der Waals surface area contributed by atoms with E-state index in [0.717, 1.165) is 50.9 Å². The first kappa shape index (κ1) is 17.1. The Labute approximate surface area is 133 Å². The van der Waals surface area contributed by atoms with Crippen LogP contribution in [0.3, 0.4) is 0 Å². The molecule has 0 saturated carbocycles. The quantitative estimate of drug-likeness (QED) is 0.833. The molecule has 1 aromatic carbocycles. The van der Waals surface area contributed by atoms with Crippen molar-refractivity contribution in [3.63, 3.8) is 0 Å². The monoisotopic (exact) mass is 308 g/mol. The summed E-state index contributed by atoms with van der Waals surface area (Å²) < 4.78 is 16.0. The van der Waals surface area contributed by atoms with Crippen LogP contribution in [0.15, 0.2) is 18.2 Å². The second-order valence-corrected chi connectivity index (χ2v) is 6.20. The van der Waals surface area contributed by atoms with Crippen molar-refractivity contribution in [3.8, 4) is 11.5 Å². The van der Waals surface area contributed by atoms with Crippen molar-refractivity contribution in [2.24, 2.45) is 0 Å². The van der Waals surface area contributed by atoms with Gasteiger partial charge >= 0.3 is 0 Å². The van der Waals surface area contributed by atoms with Crippen LogP contribution >= 0.6 is 0 Å². The highest BCUT2D eigenvalue weighted by atomic mass is 16.5. The molecule has 1 fully saturated rings. The third-order valence-corrected chi connectivity index (χ3v) is 4.20. The van der Waals surface area contributed by atoms with Crippen LogP contribution < -0.4 is 14.8 Å². The van der Waals surface area contributed by atoms with E-state index >= 15 is 0 Å². The molecule has 1 aliphatic heterocycles. The molecule has 1 saturated heterocycles. The van der Waals surface area contributed by atoms with Gasteiger partial charge in [0, 0.05) is 31.7 Å². The van der Waals surface area contributed by atoms with Gasteiger partial charge in [0.05, 0.1) is 27.4 Å². The molecule has 0 spiro atoms. The van der Waals surface area contributed by atoms with E-state index in [4.69, 9.17) is 14.2 Å². The maximum Gasteiger partial charge on any atom is 0.161 e. The van der Waals surface area contributed by atoms with Gasteiger partial charge in [0.1, 0.15) is 0 Å². The second kappa shape index (κ2) is 7.81. The Morgan fingerprint density at radius 1 is 1.14 bits per heavy atom. The van der Waals surface area contributed by atoms with Gasteiger partial charge in [-0.3, -0.25) is 4.90 Å². The van der Waals surface area contributed by atoms with E-state index in [1.54, 1.807) is 14.2 Å². The number of morpholine rings is 1. The molecule has 0 bridgehead atoms. The molecule has 22 heavy (non-hydrogen) atoms. The number of methoxy groups -OCH3 is 2. The first-order valence-corrected chi connectivity index (χ1v) is 7.81. The fourth-order valence-corrected chi connectivity index (χ4v) is 2.78. The largest absolute Gasteiger partial charge is 0.493 e. The molecular weight excluding hydrogens is 280 g/mol. The molecular formula is C17H28N2O3. The normalized spacial score (nSPS) is 16.5. The minimum Gasteiger partial charge on any atom is -0.493 e. The summed E-state index contributed by atoms with van der Waals surface area (Å²) in [6, 6.07) is 6.03. The van der Waals surface area contributed by atoms with Crippen molar-refractivity contribution in [1.82, 2.24) is 10.2 Å². The topological polar surface area (TPSA) is 43.0 Å². The van der Waals surface area contributed by atoms with Crippen LogP contribution in [0, 0.1) is 0 Å². The Morgan fingerprint density at radius 2 is 1.82 bits per heavy atom. The van der Waals surface area contributed by atoms with Gasteiger partial charge in [-0.2, -0.15) is 0 Å². The van der Waals surface area contributed by atoms with Crippen LogP contribution in [0.5, 0.6) is 11.5 Å². The predicted molar refractivity (Wildman–Crippen MR) is 87.7 cm³/mol. The van der Waals surface area contributed by atoms with E-state index in [2.05, 4.69) is 30.1 Å². The zero-order chi connectivity index (χ0) is 16.0. The second-order valence-electron chi connectivity index (χ2n) is 6.20. The molecule has 5 nitrogen and oxygen atoms in total. The lowest BCUT2D eigenvalue weighted by Crippen LogP contribution is -2.54. The van der Waals surface area contributed by atoms with Crippen LogP contribution in [0.1, 0.15) is 19.4 Å². The van der Waals surface area contributed by atoms with Gasteiger partial charge in [-0.05, 0) is 31.5 Å². The maximum atomic E-state index is 5.43. The molecule has 1 N–H and O–H groups in total. The molecule has 0 unspecified atom stereocenters. The van der Waals surface area contributed by atoms with E-state index < -0.39 is 0 Å². The first-order chi connectivity index (χ1) is 10.6.